The van der Waals surface area contributed by atoms with Crippen LogP contribution in [0.2, 0.25) is 0 Å². The van der Waals surface area contributed by atoms with Gasteiger partial charge in [-0.2, -0.15) is 0 Å². The number of benzene rings is 2. The summed E-state index contributed by atoms with van der Waals surface area (Å²) < 4.78 is 0. The maximum Gasteiger partial charge on any atom is 0.0628 e. The molecule has 0 aliphatic heterocycles. The second-order valence-electron chi connectivity index (χ2n) is 4.80. The van der Waals surface area contributed by atoms with Crippen LogP contribution in [0.15, 0.2) is 65.7 Å². The van der Waals surface area contributed by atoms with Crippen LogP contribution in [0.5, 0.6) is 0 Å². The summed E-state index contributed by atoms with van der Waals surface area (Å²) in [5.74, 6) is 0. The summed E-state index contributed by atoms with van der Waals surface area (Å²) in [5, 5.41) is 3.48. The molecule has 2 aromatic carbocycles. The third-order valence-electron chi connectivity index (χ3n) is 2.86. The van der Waals surface area contributed by atoms with E-state index in [0.29, 0.717) is 6.04 Å². The van der Waals surface area contributed by atoms with Crippen LogP contribution >= 0.6 is 0 Å². The van der Waals surface area contributed by atoms with Crippen LogP contribution in [0.25, 0.3) is 0 Å². The molecule has 19 heavy (non-hydrogen) atoms. The molecule has 0 bridgehead atoms. The molecule has 0 spiro atoms. The second-order valence-corrected chi connectivity index (χ2v) is 4.80. The van der Waals surface area contributed by atoms with Gasteiger partial charge in [-0.3, -0.25) is 4.99 Å². The van der Waals surface area contributed by atoms with Crippen molar-refractivity contribution in [1.82, 2.24) is 0 Å². The predicted octanol–water partition coefficient (Wildman–Crippen LogP) is 4.67. The van der Waals surface area contributed by atoms with E-state index in [-0.39, 0.29) is 0 Å². The Morgan fingerprint density at radius 2 is 1.58 bits per heavy atom. The fourth-order valence-electron chi connectivity index (χ4n) is 2.08. The molecule has 0 heterocycles. The van der Waals surface area contributed by atoms with Crippen LogP contribution in [0, 0.1) is 0 Å². The molecule has 2 aromatic rings. The van der Waals surface area contributed by atoms with Crippen molar-refractivity contribution >= 4 is 17.1 Å². The highest BCUT2D eigenvalue weighted by Crippen LogP contribution is 2.13. The lowest BCUT2D eigenvalue weighted by Crippen LogP contribution is -2.18. The number of nitrogens with one attached hydrogen (secondary N) is 1. The molecular weight excluding hydrogens is 232 g/mol. The Kier molecular flexibility index (Phi) is 4.73. The summed E-state index contributed by atoms with van der Waals surface area (Å²) in [7, 11) is 0. The Morgan fingerprint density at radius 3 is 2.21 bits per heavy atom. The van der Waals surface area contributed by atoms with Crippen molar-refractivity contribution in [2.45, 2.75) is 26.3 Å². The van der Waals surface area contributed by atoms with Crippen molar-refractivity contribution in [1.29, 1.82) is 0 Å². The maximum absolute atomic E-state index is 4.62. The average molecular weight is 252 g/mol. The van der Waals surface area contributed by atoms with Gasteiger partial charge < -0.3 is 5.32 Å². The molecule has 0 saturated heterocycles. The molecule has 0 aliphatic rings. The van der Waals surface area contributed by atoms with E-state index in [4.69, 9.17) is 0 Å². The first kappa shape index (κ1) is 13.3. The minimum atomic E-state index is 0.370. The van der Waals surface area contributed by atoms with Gasteiger partial charge in [0.25, 0.3) is 0 Å². The second kappa shape index (κ2) is 6.74. The van der Waals surface area contributed by atoms with Gasteiger partial charge in [0.1, 0.15) is 0 Å². The lowest BCUT2D eigenvalue weighted by Gasteiger charge is -2.15. The average Bonchev–Trinajstić information content (AvgIpc) is 2.40. The van der Waals surface area contributed by atoms with Gasteiger partial charge in [-0.05, 0) is 38.1 Å². The molecule has 0 fully saturated rings. The van der Waals surface area contributed by atoms with Crippen molar-refractivity contribution in [2.24, 2.45) is 4.99 Å². The van der Waals surface area contributed by atoms with Crippen molar-refractivity contribution in [2.75, 3.05) is 5.32 Å². The fourth-order valence-corrected chi connectivity index (χ4v) is 2.08. The van der Waals surface area contributed by atoms with Gasteiger partial charge in [0, 0.05) is 23.9 Å². The zero-order chi connectivity index (χ0) is 13.5. The number of nitrogens with zero attached hydrogens (tertiary/aromatic N) is 1. The summed E-state index contributed by atoms with van der Waals surface area (Å²) in [6.07, 6.45) is 0.934. The summed E-state index contributed by atoms with van der Waals surface area (Å²) >= 11 is 0. The fraction of sp³-hybridized carbons (Fsp3) is 0.235. The summed E-state index contributed by atoms with van der Waals surface area (Å²) in [4.78, 5) is 4.62. The topological polar surface area (TPSA) is 24.4 Å². The lowest BCUT2D eigenvalue weighted by molar-refractivity contribution is 0.834. The van der Waals surface area contributed by atoms with Crippen LogP contribution < -0.4 is 5.32 Å². The zero-order valence-corrected chi connectivity index (χ0v) is 11.5. The first-order valence-corrected chi connectivity index (χ1v) is 6.65. The van der Waals surface area contributed by atoms with Gasteiger partial charge >= 0.3 is 0 Å². The smallest absolute Gasteiger partial charge is 0.0628 e. The molecule has 0 saturated carbocycles. The number of anilines is 1. The van der Waals surface area contributed by atoms with E-state index in [0.717, 1.165) is 23.5 Å². The Morgan fingerprint density at radius 1 is 1.00 bits per heavy atom. The number of rotatable bonds is 5. The highest BCUT2D eigenvalue weighted by Gasteiger charge is 2.03. The molecule has 1 atom stereocenters. The molecule has 1 unspecified atom stereocenters. The largest absolute Gasteiger partial charge is 0.382 e. The van der Waals surface area contributed by atoms with E-state index < -0.39 is 0 Å². The predicted molar refractivity (Wildman–Crippen MR) is 83.4 cm³/mol. The zero-order valence-electron chi connectivity index (χ0n) is 11.5. The van der Waals surface area contributed by atoms with E-state index in [1.54, 1.807) is 0 Å². The minimum absolute atomic E-state index is 0.370. The molecule has 0 amide bonds. The van der Waals surface area contributed by atoms with E-state index in [1.165, 1.54) is 0 Å². The Hall–Kier alpha value is -2.09. The first-order valence-electron chi connectivity index (χ1n) is 6.65. The van der Waals surface area contributed by atoms with Gasteiger partial charge in [0.05, 0.1) is 5.69 Å². The quantitative estimate of drug-likeness (QED) is 0.768. The van der Waals surface area contributed by atoms with Crippen LogP contribution in [0.1, 0.15) is 20.3 Å². The molecule has 98 valence electrons. The third-order valence-corrected chi connectivity index (χ3v) is 2.86. The maximum atomic E-state index is 4.62. The summed E-state index contributed by atoms with van der Waals surface area (Å²) in [6, 6.07) is 20.7. The standard InChI is InChI=1S/C17H20N2/c1-14(18-16-9-5-3-6-10-16)13-15(2)19-17-11-7-4-8-12-17/h3-12,14,18H,13H2,1-2H3. The molecule has 1 N–H and O–H groups in total. The van der Waals surface area contributed by atoms with Gasteiger partial charge in [-0.15, -0.1) is 0 Å². The highest BCUT2D eigenvalue weighted by molar-refractivity contribution is 5.85. The van der Waals surface area contributed by atoms with Crippen molar-refractivity contribution in [3.05, 3.63) is 60.7 Å². The van der Waals surface area contributed by atoms with E-state index >= 15 is 0 Å². The van der Waals surface area contributed by atoms with Crippen LogP contribution in [0.3, 0.4) is 0 Å². The number of para-hydroxylation sites is 2. The highest BCUT2D eigenvalue weighted by atomic mass is 14.9. The number of hydrogen-bond donors (Lipinski definition) is 1. The van der Waals surface area contributed by atoms with E-state index in [1.807, 2.05) is 48.5 Å². The SMILES string of the molecule is CC(CC(C)Nc1ccccc1)=Nc1ccccc1. The van der Waals surface area contributed by atoms with Crippen molar-refractivity contribution in [3.8, 4) is 0 Å². The van der Waals surface area contributed by atoms with E-state index in [2.05, 4.69) is 36.3 Å². The van der Waals surface area contributed by atoms with Crippen molar-refractivity contribution < 1.29 is 0 Å². The monoisotopic (exact) mass is 252 g/mol. The third kappa shape index (κ3) is 4.59. The summed E-state index contributed by atoms with van der Waals surface area (Å²) in [5.41, 5.74) is 3.32. The molecular formula is C17H20N2. The lowest BCUT2D eigenvalue weighted by atomic mass is 10.1. The number of aliphatic imine (C=N–C) groups is 1. The molecule has 0 aliphatic carbocycles. The van der Waals surface area contributed by atoms with Crippen molar-refractivity contribution in [3.63, 3.8) is 0 Å². The Bertz CT molecular complexity index is 517. The molecule has 2 heteroatoms. The van der Waals surface area contributed by atoms with Gasteiger partial charge in [0.2, 0.25) is 0 Å². The molecule has 0 radical (unpaired) electrons. The Labute approximate surface area is 115 Å². The van der Waals surface area contributed by atoms with Crippen LogP contribution in [-0.4, -0.2) is 11.8 Å². The normalized spacial score (nSPS) is 13.1. The number of hydrogen-bond acceptors (Lipinski definition) is 2. The van der Waals surface area contributed by atoms with Gasteiger partial charge in [-0.1, -0.05) is 36.4 Å². The summed E-state index contributed by atoms with van der Waals surface area (Å²) in [6.45, 7) is 4.26. The molecule has 0 aromatic heterocycles. The van der Waals surface area contributed by atoms with Gasteiger partial charge in [-0.25, -0.2) is 0 Å². The molecule has 2 nitrogen and oxygen atoms in total. The van der Waals surface area contributed by atoms with Crippen LogP contribution in [0.4, 0.5) is 11.4 Å². The minimum Gasteiger partial charge on any atom is -0.382 e. The van der Waals surface area contributed by atoms with Gasteiger partial charge in [0.15, 0.2) is 0 Å². The van der Waals surface area contributed by atoms with E-state index in [9.17, 15) is 0 Å². The van der Waals surface area contributed by atoms with Crippen LogP contribution in [-0.2, 0) is 0 Å². The molecule has 2 rings (SSSR count). The first-order chi connectivity index (χ1) is 9.24. The Balaban J connectivity index is 1.92.